The Bertz CT molecular complexity index is 1030. The summed E-state index contributed by atoms with van der Waals surface area (Å²) in [5.41, 5.74) is 5.98. The van der Waals surface area contributed by atoms with Crippen molar-refractivity contribution in [3.8, 4) is 17.1 Å². The molecule has 0 fully saturated rings. The molecular weight excluding hydrogens is 300 g/mol. The van der Waals surface area contributed by atoms with Gasteiger partial charge in [0.15, 0.2) is 11.5 Å². The monoisotopic (exact) mass is 318 g/mol. The van der Waals surface area contributed by atoms with Crippen molar-refractivity contribution in [1.29, 1.82) is 0 Å². The molecule has 0 saturated carbocycles. The van der Waals surface area contributed by atoms with Gasteiger partial charge in [0.25, 0.3) is 0 Å². The summed E-state index contributed by atoms with van der Waals surface area (Å²) in [5, 5.41) is 8.66. The van der Waals surface area contributed by atoms with Gasteiger partial charge in [0.2, 0.25) is 0 Å². The molecule has 0 aliphatic carbocycles. The third-order valence-corrected chi connectivity index (χ3v) is 4.36. The summed E-state index contributed by atoms with van der Waals surface area (Å²) in [7, 11) is 1.67. The predicted molar refractivity (Wildman–Crippen MR) is 94.4 cm³/mol. The highest BCUT2D eigenvalue weighted by Crippen LogP contribution is 2.27. The van der Waals surface area contributed by atoms with E-state index in [9.17, 15) is 0 Å². The number of hydrogen-bond donors (Lipinski definition) is 0. The molecule has 0 radical (unpaired) electrons. The highest BCUT2D eigenvalue weighted by Gasteiger charge is 2.13. The van der Waals surface area contributed by atoms with Crippen molar-refractivity contribution >= 4 is 16.7 Å². The molecule has 0 amide bonds. The highest BCUT2D eigenvalue weighted by atomic mass is 16.5. The van der Waals surface area contributed by atoms with Gasteiger partial charge in [-0.15, -0.1) is 10.2 Å². The number of methoxy groups -OCH3 is 1. The quantitative estimate of drug-likeness (QED) is 0.576. The molecule has 0 unspecified atom stereocenters. The van der Waals surface area contributed by atoms with E-state index in [1.54, 1.807) is 13.3 Å². The van der Waals surface area contributed by atoms with Gasteiger partial charge >= 0.3 is 0 Å². The first-order valence-corrected chi connectivity index (χ1v) is 7.99. The second-order valence-electron chi connectivity index (χ2n) is 5.84. The topological polar surface area (TPSA) is 52.3 Å². The zero-order valence-corrected chi connectivity index (χ0v) is 13.9. The van der Waals surface area contributed by atoms with Gasteiger partial charge in [-0.3, -0.25) is 9.38 Å². The molecular formula is C19H18N4O. The fourth-order valence-electron chi connectivity index (χ4n) is 2.99. The maximum Gasteiger partial charge on any atom is 0.180 e. The molecule has 120 valence electrons. The SMILES string of the molecule is CCc1ccc(-c2nnc3cnc4cc(OC)c(C)cc4n23)cc1. The Morgan fingerprint density at radius 3 is 2.58 bits per heavy atom. The van der Waals surface area contributed by atoms with Crippen LogP contribution in [0.3, 0.4) is 0 Å². The van der Waals surface area contributed by atoms with Crippen LogP contribution in [0.4, 0.5) is 0 Å². The van der Waals surface area contributed by atoms with Gasteiger partial charge in [-0.25, -0.2) is 0 Å². The second-order valence-corrected chi connectivity index (χ2v) is 5.84. The normalized spacial score (nSPS) is 11.3. The Hall–Kier alpha value is -2.95. The number of aromatic nitrogens is 4. The summed E-state index contributed by atoms with van der Waals surface area (Å²) >= 11 is 0. The first-order chi connectivity index (χ1) is 11.7. The average Bonchev–Trinajstić information content (AvgIpc) is 3.06. The second kappa shape index (κ2) is 5.60. The number of hydrogen-bond acceptors (Lipinski definition) is 4. The van der Waals surface area contributed by atoms with Crippen molar-refractivity contribution in [2.45, 2.75) is 20.3 Å². The smallest absolute Gasteiger partial charge is 0.180 e. The molecule has 0 atom stereocenters. The van der Waals surface area contributed by atoms with Gasteiger partial charge in [0.05, 0.1) is 24.3 Å². The lowest BCUT2D eigenvalue weighted by Crippen LogP contribution is -1.96. The van der Waals surface area contributed by atoms with E-state index in [2.05, 4.69) is 56.8 Å². The van der Waals surface area contributed by atoms with Crippen LogP contribution in [-0.4, -0.2) is 26.7 Å². The van der Waals surface area contributed by atoms with Crippen LogP contribution in [0, 0.1) is 6.92 Å². The van der Waals surface area contributed by atoms with E-state index in [1.807, 2.05) is 13.0 Å². The van der Waals surface area contributed by atoms with E-state index >= 15 is 0 Å². The number of aryl methyl sites for hydroxylation is 2. The summed E-state index contributed by atoms with van der Waals surface area (Å²) in [5.74, 6) is 1.65. The molecule has 4 rings (SSSR count). The first-order valence-electron chi connectivity index (χ1n) is 7.99. The third-order valence-electron chi connectivity index (χ3n) is 4.36. The molecule has 0 N–H and O–H groups in total. The Kier molecular flexibility index (Phi) is 3.41. The number of fused-ring (bicyclic) bond motifs is 3. The Balaban J connectivity index is 2.00. The molecule has 0 aliphatic rings. The molecule has 2 heterocycles. The minimum absolute atomic E-state index is 0.738. The Labute approximate surface area is 139 Å². The van der Waals surface area contributed by atoms with Crippen molar-refractivity contribution < 1.29 is 4.74 Å². The summed E-state index contributed by atoms with van der Waals surface area (Å²) in [4.78, 5) is 4.49. The van der Waals surface area contributed by atoms with Crippen molar-refractivity contribution in [2.75, 3.05) is 7.11 Å². The van der Waals surface area contributed by atoms with Crippen molar-refractivity contribution in [2.24, 2.45) is 0 Å². The van der Waals surface area contributed by atoms with Gasteiger partial charge in [0.1, 0.15) is 5.75 Å². The van der Waals surface area contributed by atoms with Crippen LogP contribution in [0.5, 0.6) is 5.75 Å². The zero-order valence-electron chi connectivity index (χ0n) is 13.9. The summed E-state index contributed by atoms with van der Waals surface area (Å²) in [6.07, 6.45) is 2.76. The largest absolute Gasteiger partial charge is 0.496 e. The molecule has 24 heavy (non-hydrogen) atoms. The van der Waals surface area contributed by atoms with Gasteiger partial charge in [-0.2, -0.15) is 0 Å². The van der Waals surface area contributed by atoms with E-state index in [-0.39, 0.29) is 0 Å². The van der Waals surface area contributed by atoms with E-state index < -0.39 is 0 Å². The molecule has 5 nitrogen and oxygen atoms in total. The van der Waals surface area contributed by atoms with Crippen LogP contribution in [0.15, 0.2) is 42.6 Å². The summed E-state index contributed by atoms with van der Waals surface area (Å²) in [6, 6.07) is 12.5. The minimum Gasteiger partial charge on any atom is -0.496 e. The molecule has 0 spiro atoms. The lowest BCUT2D eigenvalue weighted by molar-refractivity contribution is 0.412. The molecule has 4 aromatic rings. The maximum absolute atomic E-state index is 5.41. The van der Waals surface area contributed by atoms with Crippen molar-refractivity contribution in [3.63, 3.8) is 0 Å². The van der Waals surface area contributed by atoms with Gasteiger partial charge in [-0.1, -0.05) is 31.2 Å². The van der Waals surface area contributed by atoms with E-state index in [4.69, 9.17) is 4.74 Å². The Morgan fingerprint density at radius 2 is 1.88 bits per heavy atom. The lowest BCUT2D eigenvalue weighted by Gasteiger charge is -2.09. The molecule has 0 bridgehead atoms. The lowest BCUT2D eigenvalue weighted by atomic mass is 10.1. The van der Waals surface area contributed by atoms with Crippen LogP contribution in [0.25, 0.3) is 28.1 Å². The van der Waals surface area contributed by atoms with Crippen LogP contribution in [0.2, 0.25) is 0 Å². The fourth-order valence-corrected chi connectivity index (χ4v) is 2.99. The average molecular weight is 318 g/mol. The predicted octanol–water partition coefficient (Wildman–Crippen LogP) is 3.82. The summed E-state index contributed by atoms with van der Waals surface area (Å²) in [6.45, 7) is 4.17. The maximum atomic E-state index is 5.41. The molecule has 0 aliphatic heterocycles. The number of ether oxygens (including phenoxy) is 1. The van der Waals surface area contributed by atoms with Crippen LogP contribution >= 0.6 is 0 Å². The first kappa shape index (κ1) is 14.6. The fraction of sp³-hybridized carbons (Fsp3) is 0.211. The van der Waals surface area contributed by atoms with Crippen LogP contribution in [0.1, 0.15) is 18.1 Å². The van der Waals surface area contributed by atoms with Crippen molar-refractivity contribution in [1.82, 2.24) is 19.6 Å². The van der Waals surface area contributed by atoms with Crippen LogP contribution < -0.4 is 4.74 Å². The van der Waals surface area contributed by atoms with E-state index in [1.165, 1.54) is 5.56 Å². The zero-order chi connectivity index (χ0) is 16.7. The number of benzene rings is 2. The van der Waals surface area contributed by atoms with Gasteiger partial charge in [0, 0.05) is 11.6 Å². The molecule has 5 heteroatoms. The highest BCUT2D eigenvalue weighted by molar-refractivity contribution is 5.82. The summed E-state index contributed by atoms with van der Waals surface area (Å²) < 4.78 is 7.46. The van der Waals surface area contributed by atoms with E-state index in [0.717, 1.165) is 45.8 Å². The molecule has 0 saturated heterocycles. The van der Waals surface area contributed by atoms with Gasteiger partial charge < -0.3 is 4.74 Å². The van der Waals surface area contributed by atoms with E-state index in [0.29, 0.717) is 0 Å². The van der Waals surface area contributed by atoms with Gasteiger partial charge in [-0.05, 0) is 30.5 Å². The molecule has 2 aromatic heterocycles. The minimum atomic E-state index is 0.738. The number of nitrogens with zero attached hydrogens (tertiary/aromatic N) is 4. The number of rotatable bonds is 3. The van der Waals surface area contributed by atoms with Crippen molar-refractivity contribution in [3.05, 3.63) is 53.7 Å². The third kappa shape index (κ3) is 2.21. The standard InChI is InChI=1S/C19H18N4O/c1-4-13-5-7-14(8-6-13)19-22-21-18-11-20-15-10-17(24-3)12(2)9-16(15)23(18)19/h5-11H,4H2,1-3H3. The Morgan fingerprint density at radius 1 is 1.08 bits per heavy atom. The molecule has 2 aromatic carbocycles. The van der Waals surface area contributed by atoms with Crippen LogP contribution in [-0.2, 0) is 6.42 Å².